The Kier molecular flexibility index (Phi) is 11.8. The Hall–Kier alpha value is -7.24. The Balaban J connectivity index is 0.000000232. The number of non-ortho nitro benzene ring substituents is 2. The molecule has 1 radical (unpaired) electrons. The van der Waals surface area contributed by atoms with Crippen LogP contribution in [0.25, 0.3) is 32.4 Å². The number of carbonyl (C=O) groups is 2. The van der Waals surface area contributed by atoms with Gasteiger partial charge in [-0.1, -0.05) is 59.7 Å². The predicted molar refractivity (Wildman–Crippen MR) is 187 cm³/mol. The monoisotopic (exact) mass is 765 g/mol. The third-order valence-electron chi connectivity index (χ3n) is 7.44. The van der Waals surface area contributed by atoms with Crippen LogP contribution in [0.5, 0.6) is 0 Å². The smallest absolute Gasteiger partial charge is 0.622 e. The van der Waals surface area contributed by atoms with E-state index >= 15 is 0 Å². The van der Waals surface area contributed by atoms with Crippen LogP contribution in [0.1, 0.15) is 31.8 Å². The Morgan fingerprint density at radius 1 is 0.528 bits per heavy atom. The van der Waals surface area contributed by atoms with Gasteiger partial charge in [0.15, 0.2) is 0 Å². The van der Waals surface area contributed by atoms with Gasteiger partial charge in [-0.3, -0.25) is 50.4 Å². The molecule has 0 bridgehead atoms. The standard InChI is InChI=1S/2C17H12N4O5.Cu/c2*1-10-4-6-11(7-5-10)19-17(22)15-14(21(25)26)9-13(20(23)24)12-3-2-8-18-16(12)15;/h2*2-9H,1H3,(H,19,22);/q;;+2/p-2. The minimum Gasteiger partial charge on any atom is -0.622 e. The summed E-state index contributed by atoms with van der Waals surface area (Å²) in [6, 6.07) is 20.6. The molecule has 19 heteroatoms. The Morgan fingerprint density at radius 3 is 1.15 bits per heavy atom. The summed E-state index contributed by atoms with van der Waals surface area (Å²) in [5.41, 5.74) is -0.854. The molecule has 2 amide bonds. The number of amides is 2. The number of nitro benzene ring substituents is 4. The van der Waals surface area contributed by atoms with E-state index in [1.165, 1.54) is 36.7 Å². The van der Waals surface area contributed by atoms with Crippen molar-refractivity contribution in [1.29, 1.82) is 0 Å². The van der Waals surface area contributed by atoms with E-state index < -0.39 is 54.3 Å². The molecule has 18 nitrogen and oxygen atoms in total. The number of pyridine rings is 2. The second-order valence-corrected chi connectivity index (χ2v) is 10.9. The van der Waals surface area contributed by atoms with Gasteiger partial charge in [0.2, 0.25) is 0 Å². The van der Waals surface area contributed by atoms with Crippen LogP contribution >= 0.6 is 0 Å². The van der Waals surface area contributed by atoms with Gasteiger partial charge in [0.1, 0.15) is 11.1 Å². The summed E-state index contributed by atoms with van der Waals surface area (Å²) in [6.45, 7) is 3.73. The molecule has 0 saturated heterocycles. The molecule has 269 valence electrons. The quantitative estimate of drug-likeness (QED) is 0.0803. The average molecular weight is 766 g/mol. The molecule has 53 heavy (non-hydrogen) atoms. The van der Waals surface area contributed by atoms with Crippen LogP contribution in [0.2, 0.25) is 0 Å². The van der Waals surface area contributed by atoms with E-state index in [0.717, 1.165) is 23.3 Å². The van der Waals surface area contributed by atoms with Gasteiger partial charge in [0.25, 0.3) is 22.7 Å². The van der Waals surface area contributed by atoms with Gasteiger partial charge in [0, 0.05) is 12.4 Å². The van der Waals surface area contributed by atoms with E-state index in [0.29, 0.717) is 11.4 Å². The number of benzene rings is 4. The van der Waals surface area contributed by atoms with Crippen LogP contribution in [-0.2, 0) is 17.1 Å². The third kappa shape index (κ3) is 8.39. The first-order chi connectivity index (χ1) is 24.8. The number of fused-ring (bicyclic) bond motifs is 2. The zero-order valence-electron chi connectivity index (χ0n) is 27.2. The van der Waals surface area contributed by atoms with Crippen LogP contribution in [0, 0.1) is 54.3 Å². The van der Waals surface area contributed by atoms with Gasteiger partial charge < -0.3 is 20.2 Å². The number of hydrogen-bond donors (Lipinski definition) is 0. The van der Waals surface area contributed by atoms with Gasteiger partial charge in [-0.05, 0) is 38.1 Å². The molecule has 2 heterocycles. The molecule has 0 atom stereocenters. The summed E-state index contributed by atoms with van der Waals surface area (Å²) in [7, 11) is 0. The van der Waals surface area contributed by atoms with Crippen LogP contribution in [0.15, 0.2) is 97.3 Å². The summed E-state index contributed by atoms with van der Waals surface area (Å²) in [4.78, 5) is 75.3. The topological polar surface area (TPSA) is 261 Å². The molecule has 2 aromatic heterocycles. The first kappa shape index (κ1) is 38.6. The Bertz CT molecular complexity index is 2270. The van der Waals surface area contributed by atoms with Crippen LogP contribution in [-0.4, -0.2) is 41.5 Å². The minimum atomic E-state index is -0.890. The summed E-state index contributed by atoms with van der Waals surface area (Å²) >= 11 is 0. The van der Waals surface area contributed by atoms with Crippen molar-refractivity contribution in [2.24, 2.45) is 0 Å². The van der Waals surface area contributed by atoms with Crippen molar-refractivity contribution in [3.8, 4) is 0 Å². The van der Waals surface area contributed by atoms with E-state index in [2.05, 4.69) is 20.6 Å². The predicted octanol–water partition coefficient (Wildman–Crippen LogP) is 8.41. The van der Waals surface area contributed by atoms with Crippen molar-refractivity contribution in [2.75, 3.05) is 0 Å². The first-order valence-electron chi connectivity index (χ1n) is 14.8. The van der Waals surface area contributed by atoms with Crippen molar-refractivity contribution >= 4 is 67.7 Å². The van der Waals surface area contributed by atoms with E-state index in [9.17, 15) is 50.0 Å². The molecule has 0 unspecified atom stereocenters. The number of rotatable bonds is 8. The zero-order valence-corrected chi connectivity index (χ0v) is 28.1. The molecule has 0 aliphatic rings. The maximum Gasteiger partial charge on any atom is 2.00 e. The molecule has 0 N–H and O–H groups in total. The molecule has 0 fully saturated rings. The molecule has 0 spiro atoms. The average Bonchev–Trinajstić information content (AvgIpc) is 3.11. The van der Waals surface area contributed by atoms with Crippen molar-refractivity contribution in [3.63, 3.8) is 0 Å². The number of nitro groups is 4. The minimum absolute atomic E-state index is 0. The second kappa shape index (κ2) is 16.2. The second-order valence-electron chi connectivity index (χ2n) is 10.9. The maximum absolute atomic E-state index is 12.6. The fourth-order valence-electron chi connectivity index (χ4n) is 5.02. The van der Waals surface area contributed by atoms with Gasteiger partial charge in [-0.25, -0.2) is 0 Å². The zero-order chi connectivity index (χ0) is 37.7. The molecule has 6 aromatic rings. The van der Waals surface area contributed by atoms with Crippen LogP contribution in [0.3, 0.4) is 0 Å². The number of aryl methyl sites for hydroxylation is 2. The van der Waals surface area contributed by atoms with Crippen LogP contribution in [0.4, 0.5) is 34.1 Å². The fourth-order valence-corrected chi connectivity index (χ4v) is 5.02. The number of hydrogen-bond acceptors (Lipinski definition) is 12. The van der Waals surface area contributed by atoms with Gasteiger partial charge in [-0.15, -0.1) is 11.4 Å². The molecule has 6 rings (SSSR count). The van der Waals surface area contributed by atoms with Crippen molar-refractivity contribution in [1.82, 2.24) is 9.97 Å². The van der Waals surface area contributed by atoms with E-state index in [4.69, 9.17) is 0 Å². The molecular weight excluding hydrogens is 744 g/mol. The third-order valence-corrected chi connectivity index (χ3v) is 7.44. The van der Waals surface area contributed by atoms with Crippen molar-refractivity contribution in [2.45, 2.75) is 13.8 Å². The Morgan fingerprint density at radius 2 is 0.849 bits per heavy atom. The number of carbonyl (C=O) groups excluding carboxylic acids is 2. The molecular formula is C34H22CuN8O10. The summed E-state index contributed by atoms with van der Waals surface area (Å²) in [5.74, 6) is -1.78. The summed E-state index contributed by atoms with van der Waals surface area (Å²) in [5, 5.41) is 53.1. The maximum atomic E-state index is 12.6. The van der Waals surface area contributed by atoms with Crippen LogP contribution < -0.4 is 0 Å². The first-order valence-corrected chi connectivity index (χ1v) is 14.8. The van der Waals surface area contributed by atoms with E-state index in [-0.39, 0.29) is 50.0 Å². The molecule has 0 aliphatic heterocycles. The van der Waals surface area contributed by atoms with Crippen molar-refractivity contribution in [3.05, 3.63) is 171 Å². The summed E-state index contributed by atoms with van der Waals surface area (Å²) in [6.07, 6.45) is 2.61. The van der Waals surface area contributed by atoms with E-state index in [1.54, 1.807) is 48.5 Å². The molecule has 0 aliphatic carbocycles. The Labute approximate surface area is 308 Å². The normalized spacial score (nSPS) is 10.3. The molecule has 4 aromatic carbocycles. The largest absolute Gasteiger partial charge is 2.00 e. The van der Waals surface area contributed by atoms with Gasteiger partial charge in [-0.2, -0.15) is 0 Å². The number of nitrogens with zero attached hydrogens (tertiary/aromatic N) is 8. The van der Waals surface area contributed by atoms with Crippen molar-refractivity contribution < 1.29 is 46.4 Å². The SMILES string of the molecule is Cc1ccc([N-]C(=O)c2c([N+](=O)[O-])cc([N+](=O)[O-])c3cccnc23)cc1.Cc1ccc([N-]C(=O)c2c([N+](=O)[O-])cc([N+](=O)[O-])c3cccnc23)cc1.[Cu+2]. The summed E-state index contributed by atoms with van der Waals surface area (Å²) < 4.78 is 0. The number of aromatic nitrogens is 2. The molecule has 0 saturated carbocycles. The fraction of sp³-hybridized carbons (Fsp3) is 0.0588. The van der Waals surface area contributed by atoms with Gasteiger partial charge in [0.05, 0.1) is 65.4 Å². The van der Waals surface area contributed by atoms with E-state index in [1.807, 2.05) is 13.8 Å². The van der Waals surface area contributed by atoms with Gasteiger partial charge >= 0.3 is 17.1 Å².